The highest BCUT2D eigenvalue weighted by atomic mass is 35.5. The molecule has 0 fully saturated rings. The second-order valence-corrected chi connectivity index (χ2v) is 6.10. The molecule has 4 nitrogen and oxygen atoms in total. The SMILES string of the molecule is CCCN1c2ccccc2C(Cl)=C(C=O)S1(=O)=O. The van der Waals surface area contributed by atoms with E-state index in [4.69, 9.17) is 11.6 Å². The van der Waals surface area contributed by atoms with Gasteiger partial charge in [-0.25, -0.2) is 8.42 Å². The number of benzene rings is 1. The van der Waals surface area contributed by atoms with Crippen LogP contribution in [0.1, 0.15) is 18.9 Å². The van der Waals surface area contributed by atoms with Crippen molar-refractivity contribution in [3.63, 3.8) is 0 Å². The molecule has 0 N–H and O–H groups in total. The molecule has 18 heavy (non-hydrogen) atoms. The molecular weight excluding hydrogens is 274 g/mol. The van der Waals surface area contributed by atoms with Crippen LogP contribution >= 0.6 is 11.6 Å². The second kappa shape index (κ2) is 4.74. The van der Waals surface area contributed by atoms with E-state index in [1.165, 1.54) is 4.31 Å². The van der Waals surface area contributed by atoms with Gasteiger partial charge in [0.25, 0.3) is 10.0 Å². The third kappa shape index (κ3) is 1.83. The third-order valence-corrected chi connectivity index (χ3v) is 5.06. The number of carbonyl (C=O) groups excluding carboxylic acids is 1. The van der Waals surface area contributed by atoms with Crippen molar-refractivity contribution in [2.24, 2.45) is 0 Å². The van der Waals surface area contributed by atoms with Gasteiger partial charge in [-0.2, -0.15) is 0 Å². The lowest BCUT2D eigenvalue weighted by Gasteiger charge is -2.30. The van der Waals surface area contributed by atoms with Crippen LogP contribution in [0.25, 0.3) is 5.03 Å². The lowest BCUT2D eigenvalue weighted by molar-refractivity contribution is -0.104. The van der Waals surface area contributed by atoms with Gasteiger partial charge >= 0.3 is 0 Å². The fourth-order valence-corrected chi connectivity index (χ4v) is 3.96. The molecule has 0 unspecified atom stereocenters. The quantitative estimate of drug-likeness (QED) is 0.801. The lowest BCUT2D eigenvalue weighted by atomic mass is 10.1. The molecule has 0 aliphatic carbocycles. The number of hydrogen-bond acceptors (Lipinski definition) is 3. The van der Waals surface area contributed by atoms with Crippen molar-refractivity contribution in [2.75, 3.05) is 10.8 Å². The first-order valence-corrected chi connectivity index (χ1v) is 7.33. The number of rotatable bonds is 3. The van der Waals surface area contributed by atoms with E-state index in [1.807, 2.05) is 6.92 Å². The minimum absolute atomic E-state index is 0.00652. The Morgan fingerprint density at radius 1 is 1.33 bits per heavy atom. The number of halogens is 1. The van der Waals surface area contributed by atoms with Crippen molar-refractivity contribution < 1.29 is 13.2 Å². The van der Waals surface area contributed by atoms with Gasteiger partial charge in [-0.3, -0.25) is 9.10 Å². The molecule has 0 aromatic heterocycles. The van der Waals surface area contributed by atoms with Crippen LogP contribution in [0.4, 0.5) is 5.69 Å². The normalized spacial score (nSPS) is 17.6. The summed E-state index contributed by atoms with van der Waals surface area (Å²) in [6, 6.07) is 6.89. The Bertz CT molecular complexity index is 622. The summed E-state index contributed by atoms with van der Waals surface area (Å²) < 4.78 is 25.8. The van der Waals surface area contributed by atoms with Crippen molar-refractivity contribution in [1.29, 1.82) is 0 Å². The van der Waals surface area contributed by atoms with Gasteiger partial charge in [0.2, 0.25) is 0 Å². The monoisotopic (exact) mass is 285 g/mol. The first-order chi connectivity index (χ1) is 8.54. The van der Waals surface area contributed by atoms with E-state index in [9.17, 15) is 13.2 Å². The first kappa shape index (κ1) is 13.1. The molecule has 0 radical (unpaired) electrons. The molecule has 0 amide bonds. The van der Waals surface area contributed by atoms with Gasteiger partial charge in [-0.15, -0.1) is 0 Å². The molecule has 1 aliphatic rings. The molecule has 1 heterocycles. The Hall–Kier alpha value is -1.33. The van der Waals surface area contributed by atoms with Crippen molar-refractivity contribution >= 4 is 38.6 Å². The third-order valence-electron chi connectivity index (χ3n) is 2.73. The Balaban J connectivity index is 2.77. The summed E-state index contributed by atoms with van der Waals surface area (Å²) in [6.45, 7) is 2.19. The van der Waals surface area contributed by atoms with Crippen LogP contribution < -0.4 is 4.31 Å². The van der Waals surface area contributed by atoms with Crippen LogP contribution in [0, 0.1) is 0 Å². The highest BCUT2D eigenvalue weighted by Gasteiger charge is 2.35. The Labute approximate surface area is 111 Å². The number of hydrogen-bond donors (Lipinski definition) is 0. The number of allylic oxidation sites excluding steroid dienone is 1. The lowest BCUT2D eigenvalue weighted by Crippen LogP contribution is -2.36. The molecule has 0 atom stereocenters. The number of para-hydroxylation sites is 1. The maximum absolute atomic E-state index is 12.3. The van der Waals surface area contributed by atoms with E-state index in [0.29, 0.717) is 30.5 Å². The first-order valence-electron chi connectivity index (χ1n) is 5.51. The molecular formula is C12H12ClNO3S. The molecule has 1 aromatic rings. The van der Waals surface area contributed by atoms with Gasteiger partial charge in [-0.05, 0) is 12.5 Å². The van der Waals surface area contributed by atoms with E-state index in [2.05, 4.69) is 0 Å². The summed E-state index contributed by atoms with van der Waals surface area (Å²) in [7, 11) is -3.83. The minimum atomic E-state index is -3.83. The maximum atomic E-state index is 12.3. The molecule has 0 saturated heterocycles. The van der Waals surface area contributed by atoms with Crippen LogP contribution in [-0.4, -0.2) is 21.2 Å². The zero-order valence-corrected chi connectivity index (χ0v) is 11.3. The molecule has 0 saturated carbocycles. The van der Waals surface area contributed by atoms with E-state index in [0.717, 1.165) is 0 Å². The standard InChI is InChI=1S/C12H12ClNO3S/c1-2-7-14-10-6-4-3-5-9(10)12(13)11(8-15)18(14,16)17/h3-6,8H,2,7H2,1H3. The van der Waals surface area contributed by atoms with Crippen LogP contribution in [0.2, 0.25) is 0 Å². The van der Waals surface area contributed by atoms with Gasteiger partial charge in [0, 0.05) is 12.1 Å². The zero-order valence-electron chi connectivity index (χ0n) is 9.76. The average molecular weight is 286 g/mol. The number of sulfonamides is 1. The van der Waals surface area contributed by atoms with Crippen molar-refractivity contribution in [3.05, 3.63) is 34.7 Å². The van der Waals surface area contributed by atoms with Gasteiger partial charge in [0.1, 0.15) is 4.91 Å². The Morgan fingerprint density at radius 3 is 2.61 bits per heavy atom. The smallest absolute Gasteiger partial charge is 0.269 e. The van der Waals surface area contributed by atoms with E-state index < -0.39 is 10.0 Å². The summed E-state index contributed by atoms with van der Waals surface area (Å²) >= 11 is 6.01. The Kier molecular flexibility index (Phi) is 3.45. The topological polar surface area (TPSA) is 54.5 Å². The number of aldehydes is 1. The summed E-state index contributed by atoms with van der Waals surface area (Å²) in [4.78, 5) is 10.6. The van der Waals surface area contributed by atoms with E-state index in [1.54, 1.807) is 24.3 Å². The molecule has 0 bridgehead atoms. The highest BCUT2D eigenvalue weighted by Crippen LogP contribution is 2.40. The zero-order chi connectivity index (χ0) is 13.3. The van der Waals surface area contributed by atoms with Crippen LogP contribution in [0.15, 0.2) is 29.2 Å². The van der Waals surface area contributed by atoms with Crippen molar-refractivity contribution in [1.82, 2.24) is 0 Å². The number of fused-ring (bicyclic) bond motifs is 1. The van der Waals surface area contributed by atoms with E-state index >= 15 is 0 Å². The van der Waals surface area contributed by atoms with Crippen LogP contribution in [0.3, 0.4) is 0 Å². The predicted octanol–water partition coefficient (Wildman–Crippen LogP) is 2.35. The number of anilines is 1. The molecule has 1 aliphatic heterocycles. The van der Waals surface area contributed by atoms with Gasteiger partial charge in [-0.1, -0.05) is 36.7 Å². The fourth-order valence-electron chi connectivity index (χ4n) is 1.93. The Morgan fingerprint density at radius 2 is 2.00 bits per heavy atom. The predicted molar refractivity (Wildman–Crippen MR) is 71.8 cm³/mol. The van der Waals surface area contributed by atoms with Gasteiger partial charge in [0.05, 0.1) is 10.7 Å². The molecule has 1 aromatic carbocycles. The summed E-state index contributed by atoms with van der Waals surface area (Å²) in [6.07, 6.45) is 0.952. The number of nitrogens with zero attached hydrogens (tertiary/aromatic N) is 1. The van der Waals surface area contributed by atoms with Gasteiger partial charge < -0.3 is 0 Å². The summed E-state index contributed by atoms with van der Waals surface area (Å²) in [5.41, 5.74) is 1.10. The number of carbonyl (C=O) groups is 1. The maximum Gasteiger partial charge on any atom is 0.269 e. The fraction of sp³-hybridized carbons (Fsp3) is 0.250. The minimum Gasteiger partial charge on any atom is -0.297 e. The van der Waals surface area contributed by atoms with Crippen LogP contribution in [0.5, 0.6) is 0 Å². The average Bonchev–Trinajstić information content (AvgIpc) is 2.35. The summed E-state index contributed by atoms with van der Waals surface area (Å²) in [5.74, 6) is 0. The van der Waals surface area contributed by atoms with Crippen molar-refractivity contribution in [2.45, 2.75) is 13.3 Å². The van der Waals surface area contributed by atoms with Gasteiger partial charge in [0.15, 0.2) is 6.29 Å². The molecule has 0 spiro atoms. The highest BCUT2D eigenvalue weighted by molar-refractivity contribution is 7.97. The van der Waals surface area contributed by atoms with Crippen molar-refractivity contribution in [3.8, 4) is 0 Å². The summed E-state index contributed by atoms with van der Waals surface area (Å²) in [5, 5.41) is -0.00652. The second-order valence-electron chi connectivity index (χ2n) is 3.89. The molecule has 6 heteroatoms. The van der Waals surface area contributed by atoms with E-state index in [-0.39, 0.29) is 9.94 Å². The van der Waals surface area contributed by atoms with Crippen LogP contribution in [-0.2, 0) is 14.8 Å². The molecule has 2 rings (SSSR count). The largest absolute Gasteiger partial charge is 0.297 e. The molecule has 96 valence electrons.